The summed E-state index contributed by atoms with van der Waals surface area (Å²) in [5.41, 5.74) is 0.301. The maximum atomic E-state index is 13.5. The molecule has 0 atom stereocenters. The van der Waals surface area contributed by atoms with Crippen molar-refractivity contribution >= 4 is 11.9 Å². The number of benzene rings is 1. The van der Waals surface area contributed by atoms with Crippen LogP contribution in [0, 0.1) is 5.82 Å². The van der Waals surface area contributed by atoms with Crippen LogP contribution in [-0.2, 0) is 10.2 Å². The molecule has 0 bridgehead atoms. The molecule has 0 saturated carbocycles. The fourth-order valence-corrected chi connectivity index (χ4v) is 2.49. The molecule has 1 rings (SSSR count). The Labute approximate surface area is 157 Å². The monoisotopic (exact) mass is 364 g/mol. The van der Waals surface area contributed by atoms with Gasteiger partial charge in [-0.15, -0.1) is 0 Å². The van der Waals surface area contributed by atoms with E-state index in [2.05, 4.69) is 15.6 Å². The van der Waals surface area contributed by atoms with Gasteiger partial charge < -0.3 is 15.5 Å². The molecule has 0 aliphatic rings. The molecule has 2 N–H and O–H groups in total. The first-order chi connectivity index (χ1) is 11.9. The molecule has 1 aromatic carbocycles. The number of amides is 1. The number of guanidine groups is 1. The topological polar surface area (TPSA) is 56.7 Å². The first-order valence-electron chi connectivity index (χ1n) is 9.01. The minimum atomic E-state index is -0.322. The highest BCUT2D eigenvalue weighted by molar-refractivity contribution is 5.86. The second-order valence-electron chi connectivity index (χ2n) is 8.22. The molecule has 5 nitrogen and oxygen atoms in total. The Bertz CT molecular complexity index is 635. The number of nitrogens with one attached hydrogen (secondary N) is 2. The first kappa shape index (κ1) is 21.9. The number of halogens is 1. The van der Waals surface area contributed by atoms with E-state index in [1.165, 1.54) is 6.07 Å². The van der Waals surface area contributed by atoms with Crippen molar-refractivity contribution in [2.45, 2.75) is 52.5 Å². The number of hydrogen-bond acceptors (Lipinski definition) is 2. The molecule has 0 heterocycles. The van der Waals surface area contributed by atoms with E-state index >= 15 is 0 Å². The van der Waals surface area contributed by atoms with Gasteiger partial charge in [-0.25, -0.2) is 4.39 Å². The van der Waals surface area contributed by atoms with Crippen LogP contribution in [0.4, 0.5) is 4.39 Å². The molecule has 0 fully saturated rings. The number of likely N-dealkylation sites (N-methyl/N-ethyl adjacent to an activating group) is 1. The zero-order chi connectivity index (χ0) is 20.0. The van der Waals surface area contributed by atoms with Crippen molar-refractivity contribution in [1.82, 2.24) is 15.5 Å². The lowest BCUT2D eigenvalue weighted by Gasteiger charge is -2.27. The van der Waals surface area contributed by atoms with E-state index in [1.807, 2.05) is 54.7 Å². The van der Waals surface area contributed by atoms with Crippen LogP contribution in [0.2, 0.25) is 0 Å². The summed E-state index contributed by atoms with van der Waals surface area (Å²) in [6.07, 6.45) is 0. The minimum Gasteiger partial charge on any atom is -0.357 e. The number of carbonyl (C=O) groups excluding carboxylic acids is 1. The van der Waals surface area contributed by atoms with Crippen molar-refractivity contribution in [3.63, 3.8) is 0 Å². The smallest absolute Gasteiger partial charge is 0.240 e. The van der Waals surface area contributed by atoms with Gasteiger partial charge in [-0.2, -0.15) is 0 Å². The molecule has 0 saturated heterocycles. The van der Waals surface area contributed by atoms with E-state index in [1.54, 1.807) is 17.0 Å². The maximum Gasteiger partial charge on any atom is 0.240 e. The SMILES string of the molecule is CCNC(=NCC(C)(C)c1cccc(F)c1)N(C)CC(=O)NC(C)(C)C. The molecular weight excluding hydrogens is 331 g/mol. The second-order valence-corrected chi connectivity index (χ2v) is 8.22. The van der Waals surface area contributed by atoms with E-state index in [4.69, 9.17) is 0 Å². The summed E-state index contributed by atoms with van der Waals surface area (Å²) >= 11 is 0. The molecular formula is C20H33FN4O. The number of nitrogens with zero attached hydrogens (tertiary/aromatic N) is 2. The van der Waals surface area contributed by atoms with Crippen molar-refractivity contribution in [3.05, 3.63) is 35.6 Å². The summed E-state index contributed by atoms with van der Waals surface area (Å²) in [4.78, 5) is 18.6. The maximum absolute atomic E-state index is 13.5. The van der Waals surface area contributed by atoms with Gasteiger partial charge in [0.05, 0.1) is 13.1 Å². The molecule has 26 heavy (non-hydrogen) atoms. The van der Waals surface area contributed by atoms with Gasteiger partial charge in [0.2, 0.25) is 5.91 Å². The van der Waals surface area contributed by atoms with E-state index in [-0.39, 0.29) is 29.2 Å². The average molecular weight is 365 g/mol. The molecule has 1 amide bonds. The van der Waals surface area contributed by atoms with Crippen LogP contribution in [0.5, 0.6) is 0 Å². The van der Waals surface area contributed by atoms with Crippen LogP contribution in [0.25, 0.3) is 0 Å². The molecule has 0 aliphatic heterocycles. The number of rotatable bonds is 6. The van der Waals surface area contributed by atoms with Gasteiger partial charge in [-0.1, -0.05) is 26.0 Å². The lowest BCUT2D eigenvalue weighted by Crippen LogP contribution is -2.49. The van der Waals surface area contributed by atoms with Crippen LogP contribution in [-0.4, -0.2) is 49.0 Å². The zero-order valence-corrected chi connectivity index (χ0v) is 17.1. The van der Waals surface area contributed by atoms with Crippen LogP contribution >= 0.6 is 0 Å². The molecule has 1 aromatic rings. The predicted octanol–water partition coefficient (Wildman–Crippen LogP) is 2.92. The molecule has 0 spiro atoms. The summed E-state index contributed by atoms with van der Waals surface area (Å²) in [6.45, 7) is 13.3. The van der Waals surface area contributed by atoms with Gasteiger partial charge >= 0.3 is 0 Å². The van der Waals surface area contributed by atoms with Crippen LogP contribution in [0.15, 0.2) is 29.3 Å². The van der Waals surface area contributed by atoms with E-state index in [9.17, 15) is 9.18 Å². The predicted molar refractivity (Wildman–Crippen MR) is 106 cm³/mol. The standard InChI is InChI=1S/C20H33FN4O/c1-8-22-18(25(7)13-17(26)24-19(2,3)4)23-14-20(5,6)15-10-9-11-16(21)12-15/h9-12H,8,13-14H2,1-7H3,(H,22,23)(H,24,26). The van der Waals surface area contributed by atoms with Crippen LogP contribution in [0.1, 0.15) is 47.1 Å². The fraction of sp³-hybridized carbons (Fsp3) is 0.600. The number of aliphatic imine (C=N–C) groups is 1. The third-order valence-corrected chi connectivity index (χ3v) is 3.82. The highest BCUT2D eigenvalue weighted by Gasteiger charge is 2.22. The van der Waals surface area contributed by atoms with Gasteiger partial charge in [-0.05, 0) is 45.4 Å². The van der Waals surface area contributed by atoms with Crippen molar-refractivity contribution < 1.29 is 9.18 Å². The van der Waals surface area contributed by atoms with Crippen molar-refractivity contribution in [2.75, 3.05) is 26.7 Å². The Kier molecular flexibility index (Phi) is 7.60. The van der Waals surface area contributed by atoms with Gasteiger partial charge in [0.25, 0.3) is 0 Å². The summed E-state index contributed by atoms with van der Waals surface area (Å²) in [7, 11) is 1.83. The highest BCUT2D eigenvalue weighted by atomic mass is 19.1. The number of hydrogen-bond donors (Lipinski definition) is 2. The summed E-state index contributed by atoms with van der Waals surface area (Å²) in [6, 6.07) is 6.60. The van der Waals surface area contributed by atoms with Gasteiger partial charge in [0, 0.05) is 24.5 Å². The van der Waals surface area contributed by atoms with Crippen molar-refractivity contribution in [3.8, 4) is 0 Å². The Morgan fingerprint density at radius 3 is 2.42 bits per heavy atom. The highest BCUT2D eigenvalue weighted by Crippen LogP contribution is 2.24. The first-order valence-corrected chi connectivity index (χ1v) is 9.01. The molecule has 0 radical (unpaired) electrons. The quantitative estimate of drug-likeness (QED) is 0.603. The van der Waals surface area contributed by atoms with Crippen molar-refractivity contribution in [2.24, 2.45) is 4.99 Å². The fourth-order valence-electron chi connectivity index (χ4n) is 2.49. The lowest BCUT2D eigenvalue weighted by molar-refractivity contribution is -0.122. The summed E-state index contributed by atoms with van der Waals surface area (Å²) in [5, 5.41) is 6.15. The zero-order valence-electron chi connectivity index (χ0n) is 17.1. The van der Waals surface area contributed by atoms with E-state index in [0.29, 0.717) is 19.0 Å². The third-order valence-electron chi connectivity index (χ3n) is 3.82. The molecule has 0 aliphatic carbocycles. The normalized spacial score (nSPS) is 12.7. The van der Waals surface area contributed by atoms with Gasteiger partial charge in [0.15, 0.2) is 5.96 Å². The third kappa shape index (κ3) is 7.42. The molecule has 6 heteroatoms. The molecule has 0 unspecified atom stereocenters. The Balaban J connectivity index is 2.86. The van der Waals surface area contributed by atoms with Crippen LogP contribution in [0.3, 0.4) is 0 Å². The summed E-state index contributed by atoms with van der Waals surface area (Å²) < 4.78 is 13.5. The largest absolute Gasteiger partial charge is 0.357 e. The Morgan fingerprint density at radius 1 is 1.23 bits per heavy atom. The van der Waals surface area contributed by atoms with Gasteiger partial charge in [0.1, 0.15) is 5.82 Å². The molecule has 146 valence electrons. The van der Waals surface area contributed by atoms with E-state index < -0.39 is 0 Å². The Morgan fingerprint density at radius 2 is 1.88 bits per heavy atom. The van der Waals surface area contributed by atoms with Crippen molar-refractivity contribution in [1.29, 1.82) is 0 Å². The minimum absolute atomic E-state index is 0.0602. The van der Waals surface area contributed by atoms with Gasteiger partial charge in [-0.3, -0.25) is 9.79 Å². The lowest BCUT2D eigenvalue weighted by atomic mass is 9.85. The van der Waals surface area contributed by atoms with Crippen LogP contribution < -0.4 is 10.6 Å². The summed E-state index contributed by atoms with van der Waals surface area (Å²) in [5.74, 6) is 0.346. The average Bonchev–Trinajstić information content (AvgIpc) is 2.49. The molecule has 0 aromatic heterocycles. The Hall–Kier alpha value is -2.11. The number of carbonyl (C=O) groups is 1. The van der Waals surface area contributed by atoms with E-state index in [0.717, 1.165) is 5.56 Å². The second kappa shape index (κ2) is 9.01.